The number of likely N-dealkylation sites (tertiary alicyclic amines) is 1. The molecule has 4 rings (SSSR count). The molecule has 156 valence electrons. The Kier molecular flexibility index (Phi) is 5.39. The lowest BCUT2D eigenvalue weighted by Gasteiger charge is -2.22. The Morgan fingerprint density at radius 3 is 2.53 bits per heavy atom. The molecule has 0 aromatic carbocycles. The SMILES string of the molecule is Cc1nc(N2CC3CN(C(=O)c4ncccc4N/N=C\C=N)CC3C2)nc(C)c1F. The number of pyridine rings is 1. The van der Waals surface area contributed by atoms with Crippen LogP contribution in [0.2, 0.25) is 0 Å². The van der Waals surface area contributed by atoms with E-state index in [0.717, 1.165) is 19.3 Å². The molecular formula is C20H23FN8O. The van der Waals surface area contributed by atoms with Crippen LogP contribution in [0.25, 0.3) is 0 Å². The van der Waals surface area contributed by atoms with Gasteiger partial charge in [0.1, 0.15) is 0 Å². The smallest absolute Gasteiger partial charge is 0.274 e. The molecule has 0 radical (unpaired) electrons. The molecule has 0 spiro atoms. The first-order chi connectivity index (χ1) is 14.5. The van der Waals surface area contributed by atoms with Gasteiger partial charge >= 0.3 is 0 Å². The molecule has 1 amide bonds. The van der Waals surface area contributed by atoms with Crippen molar-refractivity contribution in [2.24, 2.45) is 16.9 Å². The van der Waals surface area contributed by atoms with E-state index in [1.807, 2.05) is 4.90 Å². The minimum absolute atomic E-state index is 0.145. The monoisotopic (exact) mass is 410 g/mol. The highest BCUT2D eigenvalue weighted by Crippen LogP contribution is 2.34. The van der Waals surface area contributed by atoms with Gasteiger partial charge in [-0.1, -0.05) is 0 Å². The number of rotatable bonds is 5. The Morgan fingerprint density at radius 1 is 1.23 bits per heavy atom. The highest BCUT2D eigenvalue weighted by Gasteiger charge is 2.43. The van der Waals surface area contributed by atoms with E-state index >= 15 is 0 Å². The van der Waals surface area contributed by atoms with Crippen LogP contribution in [0.3, 0.4) is 0 Å². The number of aromatic nitrogens is 3. The fourth-order valence-corrected chi connectivity index (χ4v) is 4.11. The van der Waals surface area contributed by atoms with Gasteiger partial charge in [0.05, 0.1) is 23.3 Å². The fourth-order valence-electron chi connectivity index (χ4n) is 4.11. The first-order valence-electron chi connectivity index (χ1n) is 9.76. The van der Waals surface area contributed by atoms with Crippen molar-refractivity contribution in [2.75, 3.05) is 36.5 Å². The molecule has 0 aliphatic carbocycles. The zero-order chi connectivity index (χ0) is 21.3. The number of nitrogens with zero attached hydrogens (tertiary/aromatic N) is 6. The lowest BCUT2D eigenvalue weighted by molar-refractivity contribution is 0.0778. The quantitative estimate of drug-likeness (QED) is 0.575. The minimum Gasteiger partial charge on any atom is -0.340 e. The number of anilines is 2. The van der Waals surface area contributed by atoms with Crippen molar-refractivity contribution >= 4 is 30.0 Å². The van der Waals surface area contributed by atoms with Gasteiger partial charge in [-0.05, 0) is 26.0 Å². The Morgan fingerprint density at radius 2 is 1.90 bits per heavy atom. The van der Waals surface area contributed by atoms with E-state index in [-0.39, 0.29) is 11.7 Å². The molecule has 2 aliphatic heterocycles. The maximum Gasteiger partial charge on any atom is 0.274 e. The lowest BCUT2D eigenvalue weighted by atomic mass is 10.0. The van der Waals surface area contributed by atoms with Crippen molar-refractivity contribution < 1.29 is 9.18 Å². The number of hydrazone groups is 1. The average molecular weight is 410 g/mol. The Hall–Kier alpha value is -3.43. The highest BCUT2D eigenvalue weighted by atomic mass is 19.1. The molecule has 2 unspecified atom stereocenters. The molecule has 10 heteroatoms. The van der Waals surface area contributed by atoms with Crippen molar-refractivity contribution in [3.8, 4) is 0 Å². The average Bonchev–Trinajstić information content (AvgIpc) is 3.31. The summed E-state index contributed by atoms with van der Waals surface area (Å²) in [4.78, 5) is 29.8. The van der Waals surface area contributed by atoms with Crippen molar-refractivity contribution in [1.82, 2.24) is 19.9 Å². The summed E-state index contributed by atoms with van der Waals surface area (Å²) in [5.41, 5.74) is 4.29. The van der Waals surface area contributed by atoms with Crippen LogP contribution in [-0.2, 0) is 0 Å². The van der Waals surface area contributed by atoms with Crippen molar-refractivity contribution in [3.05, 3.63) is 41.2 Å². The number of amides is 1. The largest absolute Gasteiger partial charge is 0.340 e. The molecular weight excluding hydrogens is 387 g/mol. The van der Waals surface area contributed by atoms with Gasteiger partial charge in [-0.2, -0.15) is 5.10 Å². The molecule has 9 nitrogen and oxygen atoms in total. The second-order valence-corrected chi connectivity index (χ2v) is 7.60. The summed E-state index contributed by atoms with van der Waals surface area (Å²) in [6.07, 6.45) is 3.91. The van der Waals surface area contributed by atoms with E-state index in [1.54, 1.807) is 32.2 Å². The second-order valence-electron chi connectivity index (χ2n) is 7.60. The van der Waals surface area contributed by atoms with E-state index in [1.165, 1.54) is 6.21 Å². The molecule has 30 heavy (non-hydrogen) atoms. The number of hydrogen-bond acceptors (Lipinski definition) is 8. The molecule has 4 heterocycles. The highest BCUT2D eigenvalue weighted by molar-refractivity contribution is 6.14. The first-order valence-corrected chi connectivity index (χ1v) is 9.76. The van der Waals surface area contributed by atoms with E-state index in [9.17, 15) is 9.18 Å². The summed E-state index contributed by atoms with van der Waals surface area (Å²) in [5.74, 6) is 0.658. The van der Waals surface area contributed by atoms with Crippen LogP contribution in [-0.4, -0.2) is 64.4 Å². The zero-order valence-electron chi connectivity index (χ0n) is 16.8. The Bertz CT molecular complexity index is 973. The van der Waals surface area contributed by atoms with Gasteiger partial charge in [-0.15, -0.1) is 0 Å². The zero-order valence-corrected chi connectivity index (χ0v) is 16.8. The van der Waals surface area contributed by atoms with Crippen molar-refractivity contribution in [1.29, 1.82) is 5.41 Å². The number of aryl methyl sites for hydroxylation is 2. The molecule has 0 bridgehead atoms. The minimum atomic E-state index is -0.361. The summed E-state index contributed by atoms with van der Waals surface area (Å²) in [5, 5.41) is 10.9. The van der Waals surface area contributed by atoms with E-state index in [2.05, 4.69) is 30.4 Å². The maximum atomic E-state index is 13.8. The van der Waals surface area contributed by atoms with Crippen LogP contribution in [0.15, 0.2) is 23.4 Å². The molecule has 2 fully saturated rings. The van der Waals surface area contributed by atoms with Gasteiger partial charge in [-0.25, -0.2) is 19.3 Å². The number of carbonyl (C=O) groups excluding carboxylic acids is 1. The predicted octanol–water partition coefficient (Wildman–Crippen LogP) is 1.88. The van der Waals surface area contributed by atoms with Crippen molar-refractivity contribution in [3.63, 3.8) is 0 Å². The van der Waals surface area contributed by atoms with E-state index in [4.69, 9.17) is 5.41 Å². The van der Waals surface area contributed by atoms with Gasteiger partial charge < -0.3 is 15.2 Å². The van der Waals surface area contributed by atoms with Crippen LogP contribution in [0.1, 0.15) is 21.9 Å². The summed E-state index contributed by atoms with van der Waals surface area (Å²) >= 11 is 0. The number of carbonyl (C=O) groups is 1. The molecule has 2 atom stereocenters. The van der Waals surface area contributed by atoms with Gasteiger partial charge in [0.15, 0.2) is 11.5 Å². The van der Waals surface area contributed by atoms with Gasteiger partial charge in [0, 0.05) is 50.4 Å². The lowest BCUT2D eigenvalue weighted by Crippen LogP contribution is -2.34. The Labute approximate surface area is 173 Å². The van der Waals surface area contributed by atoms with Gasteiger partial charge in [-0.3, -0.25) is 10.2 Å². The normalized spacial score (nSPS) is 20.6. The summed E-state index contributed by atoms with van der Waals surface area (Å²) in [6.45, 7) is 6.01. The van der Waals surface area contributed by atoms with Crippen LogP contribution in [0.5, 0.6) is 0 Å². The number of nitrogens with one attached hydrogen (secondary N) is 2. The third-order valence-corrected chi connectivity index (χ3v) is 5.57. The topological polar surface area (TPSA) is 110 Å². The summed E-state index contributed by atoms with van der Waals surface area (Å²) in [6, 6.07) is 3.46. The molecule has 2 aromatic rings. The number of hydrogen-bond donors (Lipinski definition) is 2. The number of halogens is 1. The number of fused-ring (bicyclic) bond motifs is 1. The standard InChI is InChI=1S/C20H23FN8O/c1-12-17(21)13(2)26-20(25-12)29-10-14-8-28(9-15(14)11-29)19(30)18-16(4-3-6-23-18)27-24-7-5-22/h3-7,14-15,22,27H,8-11H2,1-2H3/b22-5?,24-7-. The van der Waals surface area contributed by atoms with Gasteiger partial charge in [0.2, 0.25) is 5.95 Å². The van der Waals surface area contributed by atoms with Crippen LogP contribution in [0, 0.1) is 36.9 Å². The summed E-state index contributed by atoms with van der Waals surface area (Å²) < 4.78 is 13.8. The first kappa shape index (κ1) is 19.9. The van der Waals surface area contributed by atoms with E-state index in [0.29, 0.717) is 53.6 Å². The molecule has 2 aromatic heterocycles. The molecule has 2 N–H and O–H groups in total. The van der Waals surface area contributed by atoms with Crippen molar-refractivity contribution in [2.45, 2.75) is 13.8 Å². The third-order valence-electron chi connectivity index (χ3n) is 5.57. The summed E-state index contributed by atoms with van der Waals surface area (Å²) in [7, 11) is 0. The van der Waals surface area contributed by atoms with Gasteiger partial charge in [0.25, 0.3) is 5.91 Å². The fraction of sp³-hybridized carbons (Fsp3) is 0.400. The Balaban J connectivity index is 1.44. The second kappa shape index (κ2) is 8.13. The molecule has 2 aliphatic rings. The molecule has 0 saturated carbocycles. The molecule has 2 saturated heterocycles. The third kappa shape index (κ3) is 3.72. The van der Waals surface area contributed by atoms with E-state index < -0.39 is 0 Å². The van der Waals surface area contributed by atoms with Crippen LogP contribution >= 0.6 is 0 Å². The maximum absolute atomic E-state index is 13.8. The predicted molar refractivity (Wildman–Crippen MR) is 112 cm³/mol. The van der Waals surface area contributed by atoms with Crippen LogP contribution < -0.4 is 10.3 Å². The van der Waals surface area contributed by atoms with Crippen LogP contribution in [0.4, 0.5) is 16.0 Å².